The predicted octanol–water partition coefficient (Wildman–Crippen LogP) is 3.38. The Balaban J connectivity index is 1.77. The molecule has 1 aliphatic rings. The number of H-pyrrole nitrogens is 1. The van der Waals surface area contributed by atoms with Crippen molar-refractivity contribution in [3.63, 3.8) is 0 Å². The summed E-state index contributed by atoms with van der Waals surface area (Å²) in [6.45, 7) is 2.78. The summed E-state index contributed by atoms with van der Waals surface area (Å²) in [6.07, 6.45) is 4.07. The minimum Gasteiger partial charge on any atom is -0.374 e. The molecule has 0 saturated carbocycles. The fourth-order valence-electron chi connectivity index (χ4n) is 3.14. The van der Waals surface area contributed by atoms with Crippen LogP contribution < -0.4 is 5.32 Å². The molecule has 3 aromatic rings. The first kappa shape index (κ1) is 16.1. The highest BCUT2D eigenvalue weighted by molar-refractivity contribution is 6.34. The van der Waals surface area contributed by atoms with Crippen molar-refractivity contribution in [3.05, 3.63) is 46.9 Å². The Morgan fingerprint density at radius 1 is 1.44 bits per heavy atom. The normalized spacial score (nSPS) is 16.6. The van der Waals surface area contributed by atoms with Gasteiger partial charge in [0.15, 0.2) is 0 Å². The van der Waals surface area contributed by atoms with E-state index >= 15 is 0 Å². The van der Waals surface area contributed by atoms with Crippen LogP contribution in [-0.2, 0) is 16.1 Å². The van der Waals surface area contributed by atoms with Gasteiger partial charge in [0.05, 0.1) is 24.8 Å². The molecule has 1 aromatic carbocycles. The number of nitrogens with one attached hydrogen (secondary N) is 2. The minimum absolute atomic E-state index is 0.000521. The van der Waals surface area contributed by atoms with Crippen molar-refractivity contribution >= 4 is 28.4 Å². The third-order valence-electron chi connectivity index (χ3n) is 4.47. The van der Waals surface area contributed by atoms with Crippen LogP contribution in [0.25, 0.3) is 22.0 Å². The fourth-order valence-corrected chi connectivity index (χ4v) is 3.35. The second kappa shape index (κ2) is 6.46. The van der Waals surface area contributed by atoms with E-state index < -0.39 is 0 Å². The third kappa shape index (κ3) is 2.88. The number of halogens is 1. The summed E-state index contributed by atoms with van der Waals surface area (Å²) < 4.78 is 5.72. The molecular formula is C18H17ClN4O2. The van der Waals surface area contributed by atoms with Crippen LogP contribution in [0.3, 0.4) is 0 Å². The number of benzene rings is 1. The van der Waals surface area contributed by atoms with Gasteiger partial charge in [0, 0.05) is 35.3 Å². The minimum atomic E-state index is -0.174. The number of carbonyl (C=O) groups excluding carboxylic acids is 1. The number of fused-ring (bicyclic) bond motifs is 2. The molecule has 1 amide bonds. The van der Waals surface area contributed by atoms with Gasteiger partial charge in [-0.2, -0.15) is 5.10 Å². The first-order valence-electron chi connectivity index (χ1n) is 8.15. The smallest absolute Gasteiger partial charge is 0.220 e. The highest BCUT2D eigenvalue weighted by atomic mass is 35.5. The molecule has 7 heteroatoms. The monoisotopic (exact) mass is 356 g/mol. The number of nitrogens with zero attached hydrogens (tertiary/aromatic N) is 2. The molecule has 4 rings (SSSR count). The molecule has 1 unspecified atom stereocenters. The van der Waals surface area contributed by atoms with Gasteiger partial charge in [0.25, 0.3) is 0 Å². The van der Waals surface area contributed by atoms with Crippen LogP contribution in [0.5, 0.6) is 0 Å². The topological polar surface area (TPSA) is 79.9 Å². The second-order valence-electron chi connectivity index (χ2n) is 6.01. The molecule has 1 aliphatic heterocycles. The zero-order valence-corrected chi connectivity index (χ0v) is 14.4. The van der Waals surface area contributed by atoms with Gasteiger partial charge < -0.3 is 10.1 Å². The van der Waals surface area contributed by atoms with E-state index in [4.69, 9.17) is 16.3 Å². The van der Waals surface area contributed by atoms with Gasteiger partial charge in [-0.05, 0) is 23.3 Å². The maximum absolute atomic E-state index is 11.8. The summed E-state index contributed by atoms with van der Waals surface area (Å²) in [4.78, 5) is 16.2. The van der Waals surface area contributed by atoms with Crippen molar-refractivity contribution in [2.45, 2.75) is 26.0 Å². The van der Waals surface area contributed by atoms with Gasteiger partial charge in [-0.25, -0.2) is 0 Å². The molecule has 0 spiro atoms. The number of pyridine rings is 1. The third-order valence-corrected chi connectivity index (χ3v) is 4.76. The molecular weight excluding hydrogens is 340 g/mol. The van der Waals surface area contributed by atoms with Crippen LogP contribution in [0.15, 0.2) is 30.6 Å². The lowest BCUT2D eigenvalue weighted by atomic mass is 9.93. The van der Waals surface area contributed by atoms with E-state index in [9.17, 15) is 4.79 Å². The van der Waals surface area contributed by atoms with E-state index in [1.54, 1.807) is 0 Å². The number of rotatable bonds is 3. The van der Waals surface area contributed by atoms with Crippen molar-refractivity contribution in [2.75, 3.05) is 6.61 Å². The maximum atomic E-state index is 11.8. The summed E-state index contributed by atoms with van der Waals surface area (Å²) in [5.41, 5.74) is 4.82. The Bertz CT molecular complexity index is 953. The molecule has 3 heterocycles. The molecule has 128 valence electrons. The lowest BCUT2D eigenvalue weighted by Crippen LogP contribution is -2.34. The summed E-state index contributed by atoms with van der Waals surface area (Å²) in [5, 5.41) is 11.4. The first-order chi connectivity index (χ1) is 12.2. The van der Waals surface area contributed by atoms with E-state index in [-0.39, 0.29) is 11.9 Å². The van der Waals surface area contributed by atoms with Crippen LogP contribution in [0.4, 0.5) is 0 Å². The Labute approximate surface area is 149 Å². The van der Waals surface area contributed by atoms with Crippen molar-refractivity contribution in [2.24, 2.45) is 0 Å². The van der Waals surface area contributed by atoms with E-state index in [2.05, 4.69) is 20.5 Å². The zero-order valence-electron chi connectivity index (χ0n) is 13.7. The Kier molecular flexibility index (Phi) is 4.15. The van der Waals surface area contributed by atoms with Crippen molar-refractivity contribution in [1.82, 2.24) is 20.5 Å². The predicted molar refractivity (Wildman–Crippen MR) is 95.2 cm³/mol. The molecule has 6 nitrogen and oxygen atoms in total. The number of hydrogen-bond acceptors (Lipinski definition) is 4. The quantitative estimate of drug-likeness (QED) is 0.754. The average molecular weight is 357 g/mol. The number of amides is 1. The number of carbonyl (C=O) groups is 1. The van der Waals surface area contributed by atoms with Crippen molar-refractivity contribution < 1.29 is 9.53 Å². The van der Waals surface area contributed by atoms with Gasteiger partial charge >= 0.3 is 0 Å². The number of ether oxygens (including phenoxy) is 1. The molecule has 0 fully saturated rings. The molecule has 0 aliphatic carbocycles. The lowest BCUT2D eigenvalue weighted by molar-refractivity contribution is -0.122. The SMILES string of the molecule is CCC(=O)NC1COCc2c(-c3ccc4c(Cl)[nH]nc4c3)cncc21. The zero-order chi connectivity index (χ0) is 17.4. The molecule has 2 N–H and O–H groups in total. The van der Waals surface area contributed by atoms with E-state index in [1.165, 1.54) is 0 Å². The van der Waals surface area contributed by atoms with Crippen molar-refractivity contribution in [1.29, 1.82) is 0 Å². The van der Waals surface area contributed by atoms with Crippen LogP contribution in [0, 0.1) is 0 Å². The standard InChI is InChI=1S/C18H17ClN4O2/c1-2-17(24)21-16-9-25-8-14-12(6-20-7-13(14)16)10-3-4-11-15(5-10)22-23-18(11)19/h3-7,16H,2,8-9H2,1H3,(H,21,24)(H,22,23). The molecule has 25 heavy (non-hydrogen) atoms. The van der Waals surface area contributed by atoms with Gasteiger partial charge in [-0.3, -0.25) is 14.9 Å². The maximum Gasteiger partial charge on any atom is 0.220 e. The van der Waals surface area contributed by atoms with Crippen LogP contribution in [-0.4, -0.2) is 27.7 Å². The fraction of sp³-hybridized carbons (Fsp3) is 0.278. The lowest BCUT2D eigenvalue weighted by Gasteiger charge is -2.27. The molecule has 0 saturated heterocycles. The van der Waals surface area contributed by atoms with Crippen LogP contribution in [0.2, 0.25) is 5.15 Å². The summed E-state index contributed by atoms with van der Waals surface area (Å²) in [5.74, 6) is -0.000521. The van der Waals surface area contributed by atoms with Crippen molar-refractivity contribution in [3.8, 4) is 11.1 Å². The summed E-state index contributed by atoms with van der Waals surface area (Å²) >= 11 is 6.08. The Hall–Kier alpha value is -2.44. The molecule has 0 radical (unpaired) electrons. The van der Waals surface area contributed by atoms with Crippen LogP contribution in [0.1, 0.15) is 30.5 Å². The summed E-state index contributed by atoms with van der Waals surface area (Å²) in [6, 6.07) is 5.74. The van der Waals surface area contributed by atoms with E-state index in [1.807, 2.05) is 37.5 Å². The number of aromatic nitrogens is 3. The highest BCUT2D eigenvalue weighted by Crippen LogP contribution is 2.34. The Morgan fingerprint density at radius 2 is 2.32 bits per heavy atom. The molecule has 0 bridgehead atoms. The highest BCUT2D eigenvalue weighted by Gasteiger charge is 2.25. The van der Waals surface area contributed by atoms with Gasteiger partial charge in [-0.15, -0.1) is 0 Å². The van der Waals surface area contributed by atoms with E-state index in [0.717, 1.165) is 33.2 Å². The average Bonchev–Trinajstić information content (AvgIpc) is 3.02. The van der Waals surface area contributed by atoms with E-state index in [0.29, 0.717) is 24.8 Å². The number of hydrogen-bond donors (Lipinski definition) is 2. The molecule has 2 aromatic heterocycles. The molecule has 1 atom stereocenters. The van der Waals surface area contributed by atoms with Gasteiger partial charge in [0.1, 0.15) is 5.15 Å². The summed E-state index contributed by atoms with van der Waals surface area (Å²) in [7, 11) is 0. The van der Waals surface area contributed by atoms with Gasteiger partial charge in [0.2, 0.25) is 5.91 Å². The first-order valence-corrected chi connectivity index (χ1v) is 8.53. The largest absolute Gasteiger partial charge is 0.374 e. The second-order valence-corrected chi connectivity index (χ2v) is 6.39. The Morgan fingerprint density at radius 3 is 3.16 bits per heavy atom. The number of aromatic amines is 1. The van der Waals surface area contributed by atoms with Gasteiger partial charge in [-0.1, -0.05) is 24.6 Å². The van der Waals surface area contributed by atoms with Crippen LogP contribution >= 0.6 is 11.6 Å².